The zero-order valence-corrected chi connectivity index (χ0v) is 18.0. The molecule has 0 fully saturated rings. The molecule has 2 aromatic carbocycles. The first kappa shape index (κ1) is 23.9. The average molecular weight is 426 g/mol. The fraction of sp³-hybridized carbons (Fsp3) is 0.375. The number of hydrazine groups is 1. The van der Waals surface area contributed by atoms with Crippen molar-refractivity contribution in [1.29, 1.82) is 0 Å². The largest absolute Gasteiger partial charge is 0.494 e. The van der Waals surface area contributed by atoms with Gasteiger partial charge in [-0.15, -0.1) is 0 Å². The van der Waals surface area contributed by atoms with Crippen LogP contribution in [0.3, 0.4) is 0 Å². The summed E-state index contributed by atoms with van der Waals surface area (Å²) in [7, 11) is 0. The van der Waals surface area contributed by atoms with Crippen molar-refractivity contribution in [2.45, 2.75) is 52.0 Å². The Morgan fingerprint density at radius 1 is 0.806 bits per heavy atom. The lowest BCUT2D eigenvalue weighted by Crippen LogP contribution is -2.42. The lowest BCUT2D eigenvalue weighted by Gasteiger charge is -2.09. The van der Waals surface area contributed by atoms with Crippen LogP contribution >= 0.6 is 0 Å². The minimum atomic E-state index is -0.435. The third-order valence-corrected chi connectivity index (χ3v) is 4.61. The van der Waals surface area contributed by atoms with E-state index in [-0.39, 0.29) is 18.7 Å². The van der Waals surface area contributed by atoms with Crippen LogP contribution in [-0.2, 0) is 16.1 Å². The molecule has 0 atom stereocenters. The Morgan fingerprint density at radius 2 is 1.52 bits per heavy atom. The standard InChI is InChI=1S/C24H31N3O4/c1-2-3-4-8-17-31-21-13-11-20(12-14-21)24(30)27-26-23(29)16-15-22(28)25-18-19-9-6-5-7-10-19/h5-7,9-14H,2-4,8,15-18H2,1H3,(H,25,28)(H,26,29)(H,27,30). The monoisotopic (exact) mass is 425 g/mol. The fourth-order valence-corrected chi connectivity index (χ4v) is 2.79. The van der Waals surface area contributed by atoms with Gasteiger partial charge in [-0.25, -0.2) is 0 Å². The second-order valence-electron chi connectivity index (χ2n) is 7.20. The second kappa shape index (κ2) is 13.8. The predicted octanol–water partition coefficient (Wildman–Crippen LogP) is 3.50. The summed E-state index contributed by atoms with van der Waals surface area (Å²) < 4.78 is 5.65. The molecule has 0 aliphatic carbocycles. The van der Waals surface area contributed by atoms with Gasteiger partial charge in [-0.1, -0.05) is 56.5 Å². The van der Waals surface area contributed by atoms with Crippen LogP contribution < -0.4 is 20.9 Å². The number of unbranched alkanes of at least 4 members (excludes halogenated alkanes) is 3. The smallest absolute Gasteiger partial charge is 0.269 e. The summed E-state index contributed by atoms with van der Waals surface area (Å²) in [5.74, 6) is -0.388. The minimum absolute atomic E-state index is 0.0221. The van der Waals surface area contributed by atoms with Gasteiger partial charge < -0.3 is 10.1 Å². The number of hydrogen-bond acceptors (Lipinski definition) is 4. The molecule has 2 aromatic rings. The van der Waals surface area contributed by atoms with Crippen molar-refractivity contribution in [3.05, 3.63) is 65.7 Å². The van der Waals surface area contributed by atoms with Crippen molar-refractivity contribution in [1.82, 2.24) is 16.2 Å². The molecule has 2 rings (SSSR count). The van der Waals surface area contributed by atoms with E-state index in [2.05, 4.69) is 23.1 Å². The van der Waals surface area contributed by atoms with Gasteiger partial charge in [-0.2, -0.15) is 0 Å². The zero-order valence-electron chi connectivity index (χ0n) is 18.0. The maximum atomic E-state index is 12.1. The Balaban J connectivity index is 1.62. The second-order valence-corrected chi connectivity index (χ2v) is 7.20. The van der Waals surface area contributed by atoms with Crippen LogP contribution in [0, 0.1) is 0 Å². The molecular weight excluding hydrogens is 394 g/mol. The number of nitrogens with one attached hydrogen (secondary N) is 3. The summed E-state index contributed by atoms with van der Waals surface area (Å²) >= 11 is 0. The van der Waals surface area contributed by atoms with Crippen LogP contribution in [0.15, 0.2) is 54.6 Å². The van der Waals surface area contributed by atoms with E-state index in [0.717, 1.165) is 18.4 Å². The number of ether oxygens (including phenoxy) is 1. The van der Waals surface area contributed by atoms with Crippen molar-refractivity contribution in [2.24, 2.45) is 0 Å². The number of benzene rings is 2. The van der Waals surface area contributed by atoms with Gasteiger partial charge in [0.05, 0.1) is 6.61 Å². The molecule has 31 heavy (non-hydrogen) atoms. The van der Waals surface area contributed by atoms with Crippen molar-refractivity contribution in [3.63, 3.8) is 0 Å². The lowest BCUT2D eigenvalue weighted by molar-refractivity contribution is -0.126. The number of amides is 3. The van der Waals surface area contributed by atoms with Crippen LogP contribution in [0.25, 0.3) is 0 Å². The Kier molecular flexibility index (Phi) is 10.6. The molecule has 166 valence electrons. The van der Waals surface area contributed by atoms with E-state index in [4.69, 9.17) is 4.74 Å². The highest BCUT2D eigenvalue weighted by Gasteiger charge is 2.10. The molecule has 0 heterocycles. The first-order valence-corrected chi connectivity index (χ1v) is 10.7. The molecule has 0 saturated heterocycles. The quantitative estimate of drug-likeness (QED) is 0.358. The van der Waals surface area contributed by atoms with Gasteiger partial charge in [0.15, 0.2) is 0 Å². The van der Waals surface area contributed by atoms with E-state index in [0.29, 0.717) is 24.5 Å². The maximum absolute atomic E-state index is 12.1. The van der Waals surface area contributed by atoms with Crippen LogP contribution in [0.4, 0.5) is 0 Å². The van der Waals surface area contributed by atoms with Crippen LogP contribution in [-0.4, -0.2) is 24.3 Å². The Morgan fingerprint density at radius 3 is 2.23 bits per heavy atom. The van der Waals surface area contributed by atoms with Gasteiger partial charge >= 0.3 is 0 Å². The average Bonchev–Trinajstić information content (AvgIpc) is 2.80. The molecule has 3 amide bonds. The minimum Gasteiger partial charge on any atom is -0.494 e. The first-order chi connectivity index (χ1) is 15.1. The number of carbonyl (C=O) groups is 3. The van der Waals surface area contributed by atoms with E-state index < -0.39 is 11.8 Å². The molecule has 0 aromatic heterocycles. The van der Waals surface area contributed by atoms with Crippen molar-refractivity contribution in [2.75, 3.05) is 6.61 Å². The van der Waals surface area contributed by atoms with Gasteiger partial charge in [0.1, 0.15) is 5.75 Å². The summed E-state index contributed by atoms with van der Waals surface area (Å²) in [4.78, 5) is 35.9. The van der Waals surface area contributed by atoms with Gasteiger partial charge in [0, 0.05) is 24.9 Å². The molecule has 0 unspecified atom stereocenters. The molecule has 0 spiro atoms. The van der Waals surface area contributed by atoms with Gasteiger partial charge in [0.25, 0.3) is 5.91 Å². The van der Waals surface area contributed by atoms with E-state index in [1.807, 2.05) is 30.3 Å². The Bertz CT molecular complexity index is 822. The van der Waals surface area contributed by atoms with Crippen molar-refractivity contribution < 1.29 is 19.1 Å². The summed E-state index contributed by atoms with van der Waals surface area (Å²) in [6.07, 6.45) is 4.55. The zero-order chi connectivity index (χ0) is 22.3. The molecule has 3 N–H and O–H groups in total. The third kappa shape index (κ3) is 9.80. The predicted molar refractivity (Wildman–Crippen MR) is 119 cm³/mol. The summed E-state index contributed by atoms with van der Waals surface area (Å²) in [5.41, 5.74) is 6.07. The van der Waals surface area contributed by atoms with Gasteiger partial charge in [-0.05, 0) is 36.2 Å². The molecule has 0 saturated carbocycles. The summed E-state index contributed by atoms with van der Waals surface area (Å²) in [5, 5.41) is 2.76. The molecule has 7 heteroatoms. The van der Waals surface area contributed by atoms with Gasteiger partial charge in [0.2, 0.25) is 11.8 Å². The van der Waals surface area contributed by atoms with Crippen molar-refractivity contribution >= 4 is 17.7 Å². The number of carbonyl (C=O) groups excluding carboxylic acids is 3. The Labute approximate surface area is 183 Å². The van der Waals surface area contributed by atoms with E-state index >= 15 is 0 Å². The normalized spacial score (nSPS) is 10.2. The molecule has 7 nitrogen and oxygen atoms in total. The molecule has 0 aliphatic rings. The molecule has 0 radical (unpaired) electrons. The van der Waals surface area contributed by atoms with Crippen LogP contribution in [0.5, 0.6) is 5.75 Å². The first-order valence-electron chi connectivity index (χ1n) is 10.7. The SMILES string of the molecule is CCCCCCOc1ccc(C(=O)NNC(=O)CCC(=O)NCc2ccccc2)cc1. The highest BCUT2D eigenvalue weighted by molar-refractivity contribution is 5.95. The maximum Gasteiger partial charge on any atom is 0.269 e. The lowest BCUT2D eigenvalue weighted by atomic mass is 10.2. The third-order valence-electron chi connectivity index (χ3n) is 4.61. The molecular formula is C24H31N3O4. The topological polar surface area (TPSA) is 96.5 Å². The number of rotatable bonds is 12. The number of hydrogen-bond donors (Lipinski definition) is 3. The van der Waals surface area contributed by atoms with Crippen molar-refractivity contribution in [3.8, 4) is 5.75 Å². The van der Waals surface area contributed by atoms with E-state index in [9.17, 15) is 14.4 Å². The Hall–Kier alpha value is -3.35. The summed E-state index contributed by atoms with van der Waals surface area (Å²) in [6.45, 7) is 3.23. The summed E-state index contributed by atoms with van der Waals surface area (Å²) in [6, 6.07) is 16.3. The fourth-order valence-electron chi connectivity index (χ4n) is 2.79. The molecule has 0 bridgehead atoms. The van der Waals surface area contributed by atoms with Gasteiger partial charge in [-0.3, -0.25) is 25.2 Å². The van der Waals surface area contributed by atoms with Crippen LogP contribution in [0.2, 0.25) is 0 Å². The highest BCUT2D eigenvalue weighted by atomic mass is 16.5. The van der Waals surface area contributed by atoms with Crippen LogP contribution in [0.1, 0.15) is 61.4 Å². The molecule has 0 aliphatic heterocycles. The highest BCUT2D eigenvalue weighted by Crippen LogP contribution is 2.13. The van der Waals surface area contributed by atoms with E-state index in [1.165, 1.54) is 12.8 Å². The van der Waals surface area contributed by atoms with E-state index in [1.54, 1.807) is 24.3 Å².